The third-order valence-corrected chi connectivity index (χ3v) is 2.02. The first kappa shape index (κ1) is 8.52. The van der Waals surface area contributed by atoms with Gasteiger partial charge in [-0.3, -0.25) is 0 Å². The van der Waals surface area contributed by atoms with Crippen LogP contribution in [0.5, 0.6) is 0 Å². The summed E-state index contributed by atoms with van der Waals surface area (Å²) in [5.41, 5.74) is 0.669. The van der Waals surface area contributed by atoms with Crippen molar-refractivity contribution in [1.29, 1.82) is 0 Å². The van der Waals surface area contributed by atoms with Crippen LogP contribution in [0.3, 0.4) is 0 Å². The van der Waals surface area contributed by atoms with Crippen molar-refractivity contribution in [3.63, 3.8) is 0 Å². The van der Waals surface area contributed by atoms with Crippen molar-refractivity contribution >= 4 is 15.9 Å². The van der Waals surface area contributed by atoms with Crippen LogP contribution in [0, 0.1) is 0 Å². The van der Waals surface area contributed by atoms with Crippen LogP contribution in [0.2, 0.25) is 0 Å². The smallest absolute Gasteiger partial charge is 0.173 e. The molecule has 2 aromatic rings. The van der Waals surface area contributed by atoms with Gasteiger partial charge in [-0.2, -0.15) is 0 Å². The minimum absolute atomic E-state index is 0.0467. The van der Waals surface area contributed by atoms with Gasteiger partial charge in [0.15, 0.2) is 11.6 Å². The van der Waals surface area contributed by atoms with Crippen LogP contribution >= 0.6 is 15.9 Å². The topological polar surface area (TPSA) is 62.1 Å². The molecule has 4 nitrogen and oxygen atoms in total. The number of aliphatic hydroxyl groups is 1. The monoisotopic (exact) mass is 242 g/mol. The van der Waals surface area contributed by atoms with E-state index >= 15 is 0 Å². The quantitative estimate of drug-likeness (QED) is 0.846. The van der Waals surface area contributed by atoms with Gasteiger partial charge in [0.2, 0.25) is 0 Å². The van der Waals surface area contributed by atoms with Crippen LogP contribution in [0.15, 0.2) is 27.4 Å². The SMILES string of the molecule is OCc1cnc(-c2cc(Br)co2)[nH]1. The first-order valence-corrected chi connectivity index (χ1v) is 4.48. The predicted octanol–water partition coefficient (Wildman–Crippen LogP) is 1.92. The van der Waals surface area contributed by atoms with Gasteiger partial charge in [-0.1, -0.05) is 0 Å². The summed E-state index contributed by atoms with van der Waals surface area (Å²) in [6, 6.07) is 1.81. The second-order valence-corrected chi connectivity index (χ2v) is 3.46. The van der Waals surface area contributed by atoms with Gasteiger partial charge >= 0.3 is 0 Å². The van der Waals surface area contributed by atoms with E-state index in [1.54, 1.807) is 18.5 Å². The lowest BCUT2D eigenvalue weighted by atomic mass is 10.4. The van der Waals surface area contributed by atoms with E-state index in [-0.39, 0.29) is 6.61 Å². The molecular formula is C8H7BrN2O2. The predicted molar refractivity (Wildman–Crippen MR) is 49.9 cm³/mol. The van der Waals surface area contributed by atoms with Crippen molar-refractivity contribution in [3.8, 4) is 11.6 Å². The van der Waals surface area contributed by atoms with Gasteiger partial charge in [-0.05, 0) is 15.9 Å². The van der Waals surface area contributed by atoms with E-state index in [1.807, 2.05) is 0 Å². The zero-order valence-electron chi connectivity index (χ0n) is 6.62. The molecule has 0 spiro atoms. The summed E-state index contributed by atoms with van der Waals surface area (Å²) in [5, 5.41) is 8.79. The Bertz CT molecular complexity index is 408. The minimum Gasteiger partial charge on any atom is -0.460 e. The Morgan fingerprint density at radius 1 is 1.62 bits per heavy atom. The van der Waals surface area contributed by atoms with Gasteiger partial charge in [0.25, 0.3) is 0 Å². The first-order valence-electron chi connectivity index (χ1n) is 3.69. The summed E-state index contributed by atoms with van der Waals surface area (Å²) in [5.74, 6) is 1.27. The van der Waals surface area contributed by atoms with Gasteiger partial charge in [0.05, 0.1) is 23.0 Å². The van der Waals surface area contributed by atoms with Crippen molar-refractivity contribution in [3.05, 3.63) is 28.7 Å². The average Bonchev–Trinajstić information content (AvgIpc) is 2.71. The zero-order valence-corrected chi connectivity index (χ0v) is 8.21. The fraction of sp³-hybridized carbons (Fsp3) is 0.125. The summed E-state index contributed by atoms with van der Waals surface area (Å²) in [6.45, 7) is -0.0467. The van der Waals surface area contributed by atoms with Crippen molar-refractivity contribution in [2.24, 2.45) is 0 Å². The van der Waals surface area contributed by atoms with E-state index in [9.17, 15) is 0 Å². The van der Waals surface area contributed by atoms with E-state index < -0.39 is 0 Å². The summed E-state index contributed by atoms with van der Waals surface area (Å²) in [4.78, 5) is 6.96. The molecule has 2 heterocycles. The lowest BCUT2D eigenvalue weighted by Crippen LogP contribution is -1.81. The van der Waals surface area contributed by atoms with Crippen molar-refractivity contribution in [2.45, 2.75) is 6.61 Å². The number of aromatic amines is 1. The fourth-order valence-electron chi connectivity index (χ4n) is 1.00. The molecule has 0 unspecified atom stereocenters. The number of aliphatic hydroxyl groups excluding tert-OH is 1. The molecule has 2 rings (SSSR count). The maximum atomic E-state index is 8.79. The Kier molecular flexibility index (Phi) is 2.20. The van der Waals surface area contributed by atoms with Gasteiger partial charge in [0.1, 0.15) is 6.26 Å². The van der Waals surface area contributed by atoms with E-state index in [1.165, 1.54) is 0 Å². The molecule has 0 atom stereocenters. The Morgan fingerprint density at radius 3 is 3.00 bits per heavy atom. The standard InChI is InChI=1S/C8H7BrN2O2/c9-5-1-7(13-4-5)8-10-2-6(3-12)11-8/h1-2,4,12H,3H2,(H,10,11). The second-order valence-electron chi connectivity index (χ2n) is 2.54. The molecule has 2 aromatic heterocycles. The Labute approximate surface area is 82.7 Å². The lowest BCUT2D eigenvalue weighted by Gasteiger charge is -1.88. The highest BCUT2D eigenvalue weighted by Crippen LogP contribution is 2.22. The largest absolute Gasteiger partial charge is 0.460 e. The normalized spacial score (nSPS) is 10.6. The zero-order chi connectivity index (χ0) is 9.26. The maximum absolute atomic E-state index is 8.79. The molecule has 5 heteroatoms. The number of H-pyrrole nitrogens is 1. The minimum atomic E-state index is -0.0467. The molecule has 2 N–H and O–H groups in total. The number of furan rings is 1. The number of hydrogen-bond donors (Lipinski definition) is 2. The number of rotatable bonds is 2. The van der Waals surface area contributed by atoms with Crippen LogP contribution in [0.1, 0.15) is 5.69 Å². The van der Waals surface area contributed by atoms with Crippen LogP contribution in [-0.4, -0.2) is 15.1 Å². The molecule has 0 aliphatic rings. The molecule has 0 radical (unpaired) electrons. The third kappa shape index (κ3) is 1.66. The Hall–Kier alpha value is -1.07. The molecule has 0 aromatic carbocycles. The van der Waals surface area contributed by atoms with Crippen molar-refractivity contribution in [2.75, 3.05) is 0 Å². The van der Waals surface area contributed by atoms with Gasteiger partial charge in [0, 0.05) is 6.07 Å². The molecular weight excluding hydrogens is 236 g/mol. The lowest BCUT2D eigenvalue weighted by molar-refractivity contribution is 0.277. The number of halogens is 1. The van der Waals surface area contributed by atoms with Crippen LogP contribution in [-0.2, 0) is 6.61 Å². The molecule has 0 aliphatic carbocycles. The Balaban J connectivity index is 2.35. The van der Waals surface area contributed by atoms with Gasteiger partial charge < -0.3 is 14.5 Å². The number of nitrogens with one attached hydrogen (secondary N) is 1. The maximum Gasteiger partial charge on any atom is 0.173 e. The highest BCUT2D eigenvalue weighted by molar-refractivity contribution is 9.10. The van der Waals surface area contributed by atoms with E-state index in [0.29, 0.717) is 17.3 Å². The third-order valence-electron chi connectivity index (χ3n) is 1.60. The summed E-state index contributed by atoms with van der Waals surface area (Å²) in [7, 11) is 0. The van der Waals surface area contributed by atoms with E-state index in [0.717, 1.165) is 4.47 Å². The van der Waals surface area contributed by atoms with E-state index in [4.69, 9.17) is 9.52 Å². The number of imidazole rings is 1. The number of nitrogens with zero attached hydrogens (tertiary/aromatic N) is 1. The fourth-order valence-corrected chi connectivity index (χ4v) is 1.30. The number of hydrogen-bond acceptors (Lipinski definition) is 3. The number of aromatic nitrogens is 2. The summed E-state index contributed by atoms with van der Waals surface area (Å²) < 4.78 is 6.05. The van der Waals surface area contributed by atoms with Crippen molar-refractivity contribution < 1.29 is 9.52 Å². The second kappa shape index (κ2) is 3.35. The molecule has 0 bridgehead atoms. The molecule has 13 heavy (non-hydrogen) atoms. The van der Waals surface area contributed by atoms with Crippen LogP contribution in [0.25, 0.3) is 11.6 Å². The molecule has 68 valence electrons. The molecule has 0 fully saturated rings. The molecule has 0 saturated carbocycles. The van der Waals surface area contributed by atoms with Crippen molar-refractivity contribution in [1.82, 2.24) is 9.97 Å². The van der Waals surface area contributed by atoms with Gasteiger partial charge in [-0.15, -0.1) is 0 Å². The molecule has 0 aliphatic heterocycles. The molecule has 0 saturated heterocycles. The first-order chi connectivity index (χ1) is 6.29. The summed E-state index contributed by atoms with van der Waals surface area (Å²) >= 11 is 3.27. The highest BCUT2D eigenvalue weighted by atomic mass is 79.9. The van der Waals surface area contributed by atoms with E-state index in [2.05, 4.69) is 25.9 Å². The average molecular weight is 243 g/mol. The Morgan fingerprint density at radius 2 is 2.46 bits per heavy atom. The summed E-state index contributed by atoms with van der Waals surface area (Å²) in [6.07, 6.45) is 3.15. The highest BCUT2D eigenvalue weighted by Gasteiger charge is 2.06. The van der Waals surface area contributed by atoms with Crippen LogP contribution in [0.4, 0.5) is 0 Å². The van der Waals surface area contributed by atoms with Crippen LogP contribution < -0.4 is 0 Å². The molecule has 0 amide bonds. The van der Waals surface area contributed by atoms with Gasteiger partial charge in [-0.25, -0.2) is 4.98 Å².